The number of hydrogen-bond donors (Lipinski definition) is 1. The molecule has 1 aliphatic heterocycles. The van der Waals surface area contributed by atoms with Gasteiger partial charge in [-0.05, 0) is 38.0 Å². The fourth-order valence-corrected chi connectivity index (χ4v) is 3.87. The molecule has 1 unspecified atom stereocenters. The average Bonchev–Trinajstić information content (AvgIpc) is 2.85. The zero-order chi connectivity index (χ0) is 17.3. The minimum Gasteiger partial charge on any atom is -0.466 e. The van der Waals surface area contributed by atoms with Crippen molar-refractivity contribution in [2.24, 2.45) is 5.92 Å². The summed E-state index contributed by atoms with van der Waals surface area (Å²) in [4.78, 5) is 13.2. The van der Waals surface area contributed by atoms with Gasteiger partial charge in [0, 0.05) is 6.20 Å². The Labute approximate surface area is 154 Å². The van der Waals surface area contributed by atoms with Crippen LogP contribution in [0, 0.1) is 10.7 Å². The monoisotopic (exact) mass is 389 g/mol. The minimum absolute atomic E-state index is 0.0575. The first-order valence-corrected chi connectivity index (χ1v) is 9.10. The van der Waals surface area contributed by atoms with E-state index in [2.05, 4.69) is 5.10 Å². The quantitative estimate of drug-likeness (QED) is 0.641. The van der Waals surface area contributed by atoms with Gasteiger partial charge in [-0.25, -0.2) is 0 Å². The number of ether oxygens (including phenoxy) is 1. The largest absolute Gasteiger partial charge is 0.466 e. The van der Waals surface area contributed by atoms with Crippen LogP contribution in [0.2, 0.25) is 10.0 Å². The second-order valence-corrected chi connectivity index (χ2v) is 7.14. The van der Waals surface area contributed by atoms with Crippen LogP contribution in [0.3, 0.4) is 0 Å². The molecule has 0 aliphatic carbocycles. The number of carbonyl (C=O) groups excluding carboxylic acids is 1. The highest BCUT2D eigenvalue weighted by Gasteiger charge is 2.30. The predicted octanol–water partition coefficient (Wildman–Crippen LogP) is 1.99. The molecule has 6 nitrogen and oxygen atoms in total. The van der Waals surface area contributed by atoms with Crippen LogP contribution in [0.25, 0.3) is 5.65 Å². The summed E-state index contributed by atoms with van der Waals surface area (Å²) in [5, 5.41) is 5.47. The van der Waals surface area contributed by atoms with E-state index in [1.165, 1.54) is 4.90 Å². The molecule has 2 aromatic rings. The van der Waals surface area contributed by atoms with E-state index < -0.39 is 0 Å². The van der Waals surface area contributed by atoms with Gasteiger partial charge in [0.05, 0.1) is 29.7 Å². The van der Waals surface area contributed by atoms with Gasteiger partial charge in [-0.15, -0.1) is 5.10 Å². The Hall–Kier alpha value is -1.15. The average molecular weight is 390 g/mol. The maximum atomic E-state index is 12.0. The molecule has 0 saturated carbocycles. The van der Waals surface area contributed by atoms with Crippen molar-refractivity contribution in [2.75, 3.05) is 19.7 Å². The number of aromatic nitrogens is 3. The number of nitrogens with zero attached hydrogens (tertiary/aromatic N) is 3. The van der Waals surface area contributed by atoms with Gasteiger partial charge < -0.3 is 9.64 Å². The summed E-state index contributed by atoms with van der Waals surface area (Å²) in [5.74, 6) is -0.166. The number of likely N-dealkylation sites (tertiary alicyclic amines) is 1. The zero-order valence-electron chi connectivity index (χ0n) is 13.3. The number of piperidine rings is 1. The van der Waals surface area contributed by atoms with Crippen molar-refractivity contribution >= 4 is 47.0 Å². The van der Waals surface area contributed by atoms with Crippen molar-refractivity contribution in [3.8, 4) is 0 Å². The van der Waals surface area contributed by atoms with Crippen LogP contribution in [0.15, 0.2) is 12.3 Å². The Kier molecular flexibility index (Phi) is 5.44. The van der Waals surface area contributed by atoms with Crippen molar-refractivity contribution in [3.63, 3.8) is 0 Å². The molecule has 1 fully saturated rings. The van der Waals surface area contributed by atoms with E-state index in [1.54, 1.807) is 21.3 Å². The molecule has 1 saturated heterocycles. The number of rotatable bonds is 4. The summed E-state index contributed by atoms with van der Waals surface area (Å²) in [5.41, 5.74) is 0.587. The van der Waals surface area contributed by atoms with Gasteiger partial charge in [-0.2, -0.15) is 4.68 Å². The van der Waals surface area contributed by atoms with Crippen LogP contribution < -0.4 is 4.90 Å². The van der Waals surface area contributed by atoms with E-state index in [4.69, 9.17) is 40.2 Å². The van der Waals surface area contributed by atoms with Gasteiger partial charge in [0.2, 0.25) is 4.77 Å². The van der Waals surface area contributed by atoms with Crippen molar-refractivity contribution in [2.45, 2.75) is 26.4 Å². The van der Waals surface area contributed by atoms with Crippen molar-refractivity contribution in [1.82, 2.24) is 14.2 Å². The third-order valence-electron chi connectivity index (χ3n) is 4.21. The number of hydrogen-bond acceptors (Lipinski definition) is 4. The first-order chi connectivity index (χ1) is 11.5. The Morgan fingerprint density at radius 2 is 2.33 bits per heavy atom. The van der Waals surface area contributed by atoms with E-state index in [1.807, 2.05) is 6.92 Å². The summed E-state index contributed by atoms with van der Waals surface area (Å²) < 4.78 is 9.15. The number of pyridine rings is 1. The number of esters is 1. The van der Waals surface area contributed by atoms with Crippen LogP contribution in [0.5, 0.6) is 0 Å². The Morgan fingerprint density at radius 1 is 1.54 bits per heavy atom. The molecular formula is C15H19Cl2N4O2S+. The zero-order valence-corrected chi connectivity index (χ0v) is 15.6. The first-order valence-electron chi connectivity index (χ1n) is 7.94. The van der Waals surface area contributed by atoms with Crippen LogP contribution in [-0.4, -0.2) is 39.8 Å². The minimum atomic E-state index is -0.108. The molecule has 9 heteroatoms. The van der Waals surface area contributed by atoms with Crippen LogP contribution in [-0.2, 0) is 16.2 Å². The third kappa shape index (κ3) is 3.59. The highest BCUT2D eigenvalue weighted by atomic mass is 35.5. The number of nitrogens with one attached hydrogen (secondary N) is 1. The molecule has 0 amide bonds. The molecule has 2 atom stereocenters. The lowest BCUT2D eigenvalue weighted by atomic mass is 9.99. The smallest absolute Gasteiger partial charge is 0.314 e. The highest BCUT2D eigenvalue weighted by Crippen LogP contribution is 2.21. The summed E-state index contributed by atoms with van der Waals surface area (Å²) in [6.45, 7) is 4.53. The van der Waals surface area contributed by atoms with Crippen LogP contribution in [0.1, 0.15) is 19.8 Å². The lowest BCUT2D eigenvalue weighted by Gasteiger charge is -2.28. The number of fused-ring (bicyclic) bond motifs is 1. The molecule has 3 rings (SSSR count). The van der Waals surface area contributed by atoms with Crippen LogP contribution >= 0.6 is 35.4 Å². The predicted molar refractivity (Wildman–Crippen MR) is 94.1 cm³/mol. The highest BCUT2D eigenvalue weighted by molar-refractivity contribution is 7.71. The van der Waals surface area contributed by atoms with Gasteiger partial charge in [0.15, 0.2) is 12.3 Å². The van der Waals surface area contributed by atoms with Crippen molar-refractivity contribution in [1.29, 1.82) is 0 Å². The maximum Gasteiger partial charge on any atom is 0.314 e. The normalized spacial score (nSPS) is 21.1. The van der Waals surface area contributed by atoms with Crippen LogP contribution in [0.4, 0.5) is 0 Å². The molecular weight excluding hydrogens is 371 g/mol. The molecule has 24 heavy (non-hydrogen) atoms. The summed E-state index contributed by atoms with van der Waals surface area (Å²) >= 11 is 17.7. The molecule has 1 N–H and O–H groups in total. The molecule has 130 valence electrons. The van der Waals surface area contributed by atoms with Gasteiger partial charge in [-0.1, -0.05) is 23.2 Å². The van der Waals surface area contributed by atoms with Crippen molar-refractivity contribution < 1.29 is 14.4 Å². The van der Waals surface area contributed by atoms with Gasteiger partial charge >= 0.3 is 5.97 Å². The standard InChI is InChI=1S/C15H18Cl2N4O2S/c1-2-23-14(22)10-4-3-5-19(7-10)9-21-15(24)20-8-11(16)6-12(17)13(20)18-21/h6,8,10H,2-5,7,9H2,1H3/p+1/t10-/m0/s1. The number of quaternary nitrogens is 1. The lowest BCUT2D eigenvalue weighted by Crippen LogP contribution is -3.13. The Morgan fingerprint density at radius 3 is 3.08 bits per heavy atom. The molecule has 0 radical (unpaired) electrons. The van der Waals surface area contributed by atoms with E-state index in [9.17, 15) is 4.79 Å². The van der Waals surface area contributed by atoms with E-state index in [0.717, 1.165) is 25.9 Å². The van der Waals surface area contributed by atoms with Gasteiger partial charge in [0.1, 0.15) is 5.92 Å². The maximum absolute atomic E-state index is 12.0. The van der Waals surface area contributed by atoms with E-state index >= 15 is 0 Å². The molecule has 0 bridgehead atoms. The SMILES string of the molecule is CCOC(=O)[C@H]1CCC[NH+](Cn2nc3c(Cl)cc(Cl)cn3c2=S)C1. The topological polar surface area (TPSA) is 53.0 Å². The second-order valence-electron chi connectivity index (χ2n) is 5.94. The molecule has 3 heterocycles. The second kappa shape index (κ2) is 7.39. The van der Waals surface area contributed by atoms with E-state index in [-0.39, 0.29) is 11.9 Å². The summed E-state index contributed by atoms with van der Waals surface area (Å²) in [7, 11) is 0. The summed E-state index contributed by atoms with van der Waals surface area (Å²) in [6.07, 6.45) is 3.56. The fourth-order valence-electron chi connectivity index (χ4n) is 3.12. The van der Waals surface area contributed by atoms with Crippen molar-refractivity contribution in [3.05, 3.63) is 27.1 Å². The van der Waals surface area contributed by atoms with E-state index in [0.29, 0.717) is 33.7 Å². The summed E-state index contributed by atoms with van der Waals surface area (Å²) in [6, 6.07) is 1.65. The molecule has 2 aromatic heterocycles. The molecule has 0 spiro atoms. The Balaban J connectivity index is 1.80. The van der Waals surface area contributed by atoms with Gasteiger partial charge in [0.25, 0.3) is 0 Å². The number of carbonyl (C=O) groups is 1. The first kappa shape index (κ1) is 17.7. The molecule has 0 aromatic carbocycles. The number of halogens is 2. The van der Waals surface area contributed by atoms with Gasteiger partial charge in [-0.3, -0.25) is 9.20 Å². The third-order valence-corrected chi connectivity index (χ3v) is 5.10. The Bertz CT molecular complexity index is 820. The molecule has 1 aliphatic rings. The lowest BCUT2D eigenvalue weighted by molar-refractivity contribution is -0.930. The fraction of sp³-hybridized carbons (Fsp3) is 0.533.